The van der Waals surface area contributed by atoms with Gasteiger partial charge in [-0.3, -0.25) is 0 Å². The zero-order valence-corrected chi connectivity index (χ0v) is 8.98. The lowest BCUT2D eigenvalue weighted by Crippen LogP contribution is -2.28. The van der Waals surface area contributed by atoms with Gasteiger partial charge in [0.05, 0.1) is 6.04 Å². The van der Waals surface area contributed by atoms with E-state index in [9.17, 15) is 0 Å². The average molecular weight is 211 g/mol. The molecule has 5 nitrogen and oxygen atoms in total. The molecule has 1 aliphatic heterocycles. The molecule has 0 radical (unpaired) electrons. The van der Waals surface area contributed by atoms with Crippen LogP contribution in [0.5, 0.6) is 0 Å². The number of aromatic nitrogens is 2. The number of nitrogens with two attached hydrogens (primary N) is 1. The molecule has 0 amide bonds. The summed E-state index contributed by atoms with van der Waals surface area (Å²) in [5.74, 6) is 1.72. The molecule has 1 aromatic rings. The van der Waals surface area contributed by atoms with Crippen molar-refractivity contribution >= 4 is 0 Å². The molecule has 5 heteroatoms. The van der Waals surface area contributed by atoms with Crippen molar-refractivity contribution in [2.75, 3.05) is 13.2 Å². The van der Waals surface area contributed by atoms with Crippen molar-refractivity contribution < 1.29 is 9.26 Å². The Bertz CT molecular complexity index is 307. The number of rotatable bonds is 3. The highest BCUT2D eigenvalue weighted by molar-refractivity contribution is 4.96. The third kappa shape index (κ3) is 2.35. The molecule has 15 heavy (non-hydrogen) atoms. The second-order valence-electron chi connectivity index (χ2n) is 3.88. The van der Waals surface area contributed by atoms with Gasteiger partial charge in [-0.2, -0.15) is 4.98 Å². The molecule has 1 aliphatic rings. The molecule has 0 spiro atoms. The number of hydrogen-bond acceptors (Lipinski definition) is 5. The predicted octanol–water partition coefficient (Wildman–Crippen LogP) is 1.06. The fraction of sp³-hybridized carbons (Fsp3) is 0.800. The van der Waals surface area contributed by atoms with E-state index in [2.05, 4.69) is 10.1 Å². The van der Waals surface area contributed by atoms with Gasteiger partial charge in [-0.25, -0.2) is 0 Å². The van der Waals surface area contributed by atoms with E-state index in [1.54, 1.807) is 0 Å². The molecule has 1 aromatic heterocycles. The van der Waals surface area contributed by atoms with Crippen LogP contribution in [0.4, 0.5) is 0 Å². The largest absolute Gasteiger partial charge is 0.381 e. The fourth-order valence-electron chi connectivity index (χ4n) is 1.83. The summed E-state index contributed by atoms with van der Waals surface area (Å²) in [5.41, 5.74) is 6.10. The molecule has 0 bridgehead atoms. The van der Waals surface area contributed by atoms with Crippen LogP contribution in [0.3, 0.4) is 0 Å². The number of ether oxygens (including phenoxy) is 1. The molecular weight excluding hydrogens is 194 g/mol. The lowest BCUT2D eigenvalue weighted by atomic mass is 9.92. The second-order valence-corrected chi connectivity index (χ2v) is 3.88. The lowest BCUT2D eigenvalue weighted by Gasteiger charge is -2.25. The first-order chi connectivity index (χ1) is 7.31. The topological polar surface area (TPSA) is 74.2 Å². The van der Waals surface area contributed by atoms with Crippen LogP contribution in [-0.4, -0.2) is 23.4 Å². The zero-order chi connectivity index (χ0) is 10.7. The maximum Gasteiger partial charge on any atom is 0.226 e. The number of nitrogens with zero attached hydrogens (tertiary/aromatic N) is 2. The predicted molar refractivity (Wildman–Crippen MR) is 54.1 cm³/mol. The molecule has 1 saturated heterocycles. The maximum absolute atomic E-state index is 6.10. The Morgan fingerprint density at radius 1 is 1.47 bits per heavy atom. The third-order valence-electron chi connectivity index (χ3n) is 2.86. The first-order valence-electron chi connectivity index (χ1n) is 5.47. The fourth-order valence-corrected chi connectivity index (χ4v) is 1.83. The zero-order valence-electron chi connectivity index (χ0n) is 8.98. The summed E-state index contributed by atoms with van der Waals surface area (Å²) in [4.78, 5) is 4.26. The SMILES string of the molecule is CCc1nc(C(N)C2CCOCC2)no1. The van der Waals surface area contributed by atoms with E-state index in [-0.39, 0.29) is 6.04 Å². The Labute approximate surface area is 89.0 Å². The highest BCUT2D eigenvalue weighted by Crippen LogP contribution is 2.26. The van der Waals surface area contributed by atoms with Gasteiger partial charge in [-0.1, -0.05) is 12.1 Å². The minimum Gasteiger partial charge on any atom is -0.381 e. The smallest absolute Gasteiger partial charge is 0.226 e. The monoisotopic (exact) mass is 211 g/mol. The molecule has 1 fully saturated rings. The quantitative estimate of drug-likeness (QED) is 0.809. The summed E-state index contributed by atoms with van der Waals surface area (Å²) in [6.07, 6.45) is 2.72. The van der Waals surface area contributed by atoms with Crippen LogP contribution in [0.2, 0.25) is 0 Å². The van der Waals surface area contributed by atoms with E-state index in [1.807, 2.05) is 6.92 Å². The minimum absolute atomic E-state index is 0.113. The van der Waals surface area contributed by atoms with Gasteiger partial charge >= 0.3 is 0 Å². The lowest BCUT2D eigenvalue weighted by molar-refractivity contribution is 0.0572. The van der Waals surface area contributed by atoms with Crippen LogP contribution in [-0.2, 0) is 11.2 Å². The molecule has 1 atom stereocenters. The van der Waals surface area contributed by atoms with Crippen LogP contribution in [0, 0.1) is 5.92 Å². The van der Waals surface area contributed by atoms with Gasteiger partial charge in [-0.15, -0.1) is 0 Å². The van der Waals surface area contributed by atoms with Crippen molar-refractivity contribution in [3.05, 3.63) is 11.7 Å². The van der Waals surface area contributed by atoms with Gasteiger partial charge in [0.2, 0.25) is 5.89 Å². The molecule has 1 unspecified atom stereocenters. The highest BCUT2D eigenvalue weighted by Gasteiger charge is 2.25. The normalized spacial score (nSPS) is 20.4. The summed E-state index contributed by atoms with van der Waals surface area (Å²) in [6, 6.07) is -0.113. The average Bonchev–Trinajstić information content (AvgIpc) is 2.78. The van der Waals surface area contributed by atoms with E-state index >= 15 is 0 Å². The van der Waals surface area contributed by atoms with Crippen LogP contribution >= 0.6 is 0 Å². The number of aryl methyl sites for hydroxylation is 1. The van der Waals surface area contributed by atoms with E-state index in [1.165, 1.54) is 0 Å². The van der Waals surface area contributed by atoms with Crippen LogP contribution < -0.4 is 5.73 Å². The Hall–Kier alpha value is -0.940. The molecule has 2 N–H and O–H groups in total. The molecule has 2 rings (SSSR count). The summed E-state index contributed by atoms with van der Waals surface area (Å²) in [6.45, 7) is 3.56. The second kappa shape index (κ2) is 4.72. The molecule has 0 saturated carbocycles. The number of hydrogen-bond donors (Lipinski definition) is 1. The summed E-state index contributed by atoms with van der Waals surface area (Å²) >= 11 is 0. The van der Waals surface area contributed by atoms with E-state index < -0.39 is 0 Å². The van der Waals surface area contributed by atoms with Gasteiger partial charge in [0.15, 0.2) is 5.82 Å². The van der Waals surface area contributed by atoms with Crippen molar-refractivity contribution in [3.8, 4) is 0 Å². The van der Waals surface area contributed by atoms with Crippen molar-refractivity contribution in [2.24, 2.45) is 11.7 Å². The van der Waals surface area contributed by atoms with Crippen LogP contribution in [0.25, 0.3) is 0 Å². The summed E-state index contributed by atoms with van der Waals surface area (Å²) < 4.78 is 10.3. The molecule has 0 aliphatic carbocycles. The summed E-state index contributed by atoms with van der Waals surface area (Å²) in [5, 5.41) is 3.91. The summed E-state index contributed by atoms with van der Waals surface area (Å²) in [7, 11) is 0. The van der Waals surface area contributed by atoms with Gasteiger partial charge < -0.3 is 15.0 Å². The molecular formula is C10H17N3O2. The maximum atomic E-state index is 6.10. The van der Waals surface area contributed by atoms with Gasteiger partial charge in [-0.05, 0) is 18.8 Å². The van der Waals surface area contributed by atoms with Crippen molar-refractivity contribution in [1.29, 1.82) is 0 Å². The molecule has 0 aromatic carbocycles. The standard InChI is InChI=1S/C10H17N3O2/c1-2-8-12-10(13-15-8)9(11)7-3-5-14-6-4-7/h7,9H,2-6,11H2,1H3. The molecule has 2 heterocycles. The van der Waals surface area contributed by atoms with E-state index in [4.69, 9.17) is 15.0 Å². The van der Waals surface area contributed by atoms with Crippen molar-refractivity contribution in [1.82, 2.24) is 10.1 Å². The minimum atomic E-state index is -0.113. The first kappa shape index (κ1) is 10.6. The van der Waals surface area contributed by atoms with Crippen LogP contribution in [0.1, 0.15) is 37.5 Å². The Morgan fingerprint density at radius 3 is 2.80 bits per heavy atom. The van der Waals surface area contributed by atoms with Gasteiger partial charge in [0.25, 0.3) is 0 Å². The molecule has 84 valence electrons. The van der Waals surface area contributed by atoms with Gasteiger partial charge in [0, 0.05) is 19.6 Å². The first-order valence-corrected chi connectivity index (χ1v) is 5.47. The van der Waals surface area contributed by atoms with Crippen molar-refractivity contribution in [3.63, 3.8) is 0 Å². The Balaban J connectivity index is 2.02. The van der Waals surface area contributed by atoms with Gasteiger partial charge in [0.1, 0.15) is 0 Å². The van der Waals surface area contributed by atoms with Crippen molar-refractivity contribution in [2.45, 2.75) is 32.2 Å². The van der Waals surface area contributed by atoms with E-state index in [0.717, 1.165) is 32.5 Å². The Morgan fingerprint density at radius 2 is 2.20 bits per heavy atom. The Kier molecular flexibility index (Phi) is 3.33. The van der Waals surface area contributed by atoms with Crippen LogP contribution in [0.15, 0.2) is 4.52 Å². The third-order valence-corrected chi connectivity index (χ3v) is 2.86. The van der Waals surface area contributed by atoms with E-state index in [0.29, 0.717) is 17.6 Å². The highest BCUT2D eigenvalue weighted by atomic mass is 16.5.